The smallest absolute Gasteiger partial charge is 0.322 e. The summed E-state index contributed by atoms with van der Waals surface area (Å²) in [5.41, 5.74) is 0.792. The zero-order chi connectivity index (χ0) is 20.8. The molecule has 0 spiro atoms. The predicted molar refractivity (Wildman–Crippen MR) is 109 cm³/mol. The van der Waals surface area contributed by atoms with Gasteiger partial charge in [-0.2, -0.15) is 0 Å². The second kappa shape index (κ2) is 9.38. The molecule has 29 heavy (non-hydrogen) atoms. The minimum absolute atomic E-state index is 0.0234. The molecule has 0 aliphatic carbocycles. The number of anilines is 1. The van der Waals surface area contributed by atoms with Crippen molar-refractivity contribution in [2.24, 2.45) is 0 Å². The number of para-hydroxylation sites is 2. The molecule has 2 N–H and O–H groups in total. The summed E-state index contributed by atoms with van der Waals surface area (Å²) in [4.78, 5) is 30.4. The Kier molecular flexibility index (Phi) is 6.66. The first kappa shape index (κ1) is 20.6. The third-order valence-corrected chi connectivity index (χ3v) is 4.58. The van der Waals surface area contributed by atoms with E-state index in [0.717, 1.165) is 6.42 Å². The van der Waals surface area contributed by atoms with Gasteiger partial charge in [-0.25, -0.2) is 4.79 Å². The van der Waals surface area contributed by atoms with Gasteiger partial charge in [0.05, 0.1) is 17.9 Å². The number of aromatic nitrogens is 1. The first-order chi connectivity index (χ1) is 14.0. The second-order valence-electron chi connectivity index (χ2n) is 6.98. The van der Waals surface area contributed by atoms with Crippen LogP contribution in [0.4, 0.5) is 10.5 Å². The maximum Gasteiger partial charge on any atom is 0.322 e. The van der Waals surface area contributed by atoms with Gasteiger partial charge in [0, 0.05) is 32.4 Å². The van der Waals surface area contributed by atoms with Gasteiger partial charge in [-0.15, -0.1) is 0 Å². The van der Waals surface area contributed by atoms with Gasteiger partial charge in [0.1, 0.15) is 11.4 Å². The van der Waals surface area contributed by atoms with E-state index in [2.05, 4.69) is 15.6 Å². The molecular weight excluding hydrogens is 372 g/mol. The van der Waals surface area contributed by atoms with Crippen molar-refractivity contribution in [3.8, 4) is 11.5 Å². The lowest BCUT2D eigenvalue weighted by atomic mass is 10.2. The van der Waals surface area contributed by atoms with E-state index in [1.165, 1.54) is 13.2 Å². The Balaban J connectivity index is 1.74. The Bertz CT molecular complexity index is 873. The second-order valence-corrected chi connectivity index (χ2v) is 6.98. The highest BCUT2D eigenvalue weighted by molar-refractivity contribution is 5.92. The maximum absolute atomic E-state index is 12.8. The topological polar surface area (TPSA) is 92.8 Å². The summed E-state index contributed by atoms with van der Waals surface area (Å²) in [6.45, 7) is 5.13. The van der Waals surface area contributed by atoms with Crippen LogP contribution in [0.25, 0.3) is 0 Å². The Morgan fingerprint density at radius 3 is 2.79 bits per heavy atom. The van der Waals surface area contributed by atoms with Crippen LogP contribution in [0.15, 0.2) is 42.6 Å². The summed E-state index contributed by atoms with van der Waals surface area (Å²) in [6.07, 6.45) is 2.39. The lowest BCUT2D eigenvalue weighted by molar-refractivity contribution is 0.0162. The van der Waals surface area contributed by atoms with Crippen LogP contribution in [0, 0.1) is 0 Å². The van der Waals surface area contributed by atoms with E-state index in [-0.39, 0.29) is 29.8 Å². The maximum atomic E-state index is 12.8. The van der Waals surface area contributed by atoms with Crippen LogP contribution in [0.3, 0.4) is 0 Å². The number of hydrogen-bond donors (Lipinski definition) is 2. The van der Waals surface area contributed by atoms with Gasteiger partial charge in [-0.3, -0.25) is 9.78 Å². The number of rotatable bonds is 4. The summed E-state index contributed by atoms with van der Waals surface area (Å²) in [6, 6.07) is 10.2. The molecule has 154 valence electrons. The van der Waals surface area contributed by atoms with Crippen LogP contribution in [-0.2, 0) is 4.74 Å². The highest BCUT2D eigenvalue weighted by Crippen LogP contribution is 2.29. The Hall–Kier alpha value is -3.13. The van der Waals surface area contributed by atoms with Crippen molar-refractivity contribution in [1.29, 1.82) is 0 Å². The first-order valence-electron chi connectivity index (χ1n) is 9.62. The molecule has 8 nitrogen and oxygen atoms in total. The zero-order valence-corrected chi connectivity index (χ0v) is 16.8. The van der Waals surface area contributed by atoms with E-state index in [0.29, 0.717) is 30.3 Å². The summed E-state index contributed by atoms with van der Waals surface area (Å²) in [7, 11) is 1.54. The van der Waals surface area contributed by atoms with Crippen molar-refractivity contribution >= 4 is 17.6 Å². The molecule has 1 aliphatic rings. The fourth-order valence-electron chi connectivity index (χ4n) is 3.14. The van der Waals surface area contributed by atoms with Crippen molar-refractivity contribution in [2.75, 3.05) is 25.5 Å². The van der Waals surface area contributed by atoms with E-state index in [1.807, 2.05) is 26.0 Å². The van der Waals surface area contributed by atoms with E-state index >= 15 is 0 Å². The molecule has 2 heterocycles. The fourth-order valence-corrected chi connectivity index (χ4v) is 3.14. The van der Waals surface area contributed by atoms with Gasteiger partial charge >= 0.3 is 6.03 Å². The molecule has 1 aromatic heterocycles. The number of ether oxygens (including phenoxy) is 2. The van der Waals surface area contributed by atoms with Gasteiger partial charge in [-0.05, 0) is 38.5 Å². The van der Waals surface area contributed by atoms with Gasteiger partial charge in [0.25, 0.3) is 5.91 Å². The molecule has 3 rings (SSSR count). The molecule has 1 fully saturated rings. The van der Waals surface area contributed by atoms with Gasteiger partial charge in [-0.1, -0.05) is 12.1 Å². The molecule has 1 aliphatic heterocycles. The van der Waals surface area contributed by atoms with E-state index in [9.17, 15) is 9.59 Å². The largest absolute Gasteiger partial charge is 0.455 e. The van der Waals surface area contributed by atoms with E-state index in [4.69, 9.17) is 9.47 Å². The van der Waals surface area contributed by atoms with Crippen LogP contribution in [0.5, 0.6) is 11.5 Å². The van der Waals surface area contributed by atoms with Gasteiger partial charge in [0.2, 0.25) is 0 Å². The van der Waals surface area contributed by atoms with Crippen molar-refractivity contribution in [2.45, 2.75) is 32.5 Å². The van der Waals surface area contributed by atoms with Crippen LogP contribution >= 0.6 is 0 Å². The normalized spacial score (nSPS) is 19.2. The van der Waals surface area contributed by atoms with Crippen molar-refractivity contribution < 1.29 is 19.1 Å². The average molecular weight is 398 g/mol. The average Bonchev–Trinajstić information content (AvgIpc) is 2.89. The number of pyridine rings is 1. The Morgan fingerprint density at radius 2 is 2.00 bits per heavy atom. The summed E-state index contributed by atoms with van der Waals surface area (Å²) in [5.74, 6) is 0.622. The lowest BCUT2D eigenvalue weighted by Gasteiger charge is -2.23. The molecule has 3 amide bonds. The molecule has 8 heteroatoms. The molecule has 1 aromatic carbocycles. The molecule has 0 radical (unpaired) electrons. The minimum atomic E-state index is -0.302. The number of benzene rings is 1. The number of nitrogens with one attached hydrogen (secondary N) is 2. The van der Waals surface area contributed by atoms with Gasteiger partial charge < -0.3 is 25.0 Å². The summed E-state index contributed by atoms with van der Waals surface area (Å²) < 4.78 is 11.7. The molecule has 1 saturated heterocycles. The number of carbonyl (C=O) groups excluding carboxylic acids is 2. The summed E-state index contributed by atoms with van der Waals surface area (Å²) >= 11 is 0. The number of carbonyl (C=O) groups is 2. The quantitative estimate of drug-likeness (QED) is 0.825. The molecule has 2 aromatic rings. The predicted octanol–water partition coefficient (Wildman–Crippen LogP) is 3.26. The third-order valence-electron chi connectivity index (χ3n) is 4.58. The van der Waals surface area contributed by atoms with Crippen LogP contribution in [0.1, 0.15) is 30.8 Å². The molecule has 0 saturated carbocycles. The van der Waals surface area contributed by atoms with Gasteiger partial charge in [0.15, 0.2) is 5.75 Å². The van der Waals surface area contributed by atoms with Crippen LogP contribution in [-0.4, -0.2) is 54.2 Å². The molecule has 0 unspecified atom stereocenters. The van der Waals surface area contributed by atoms with E-state index in [1.54, 1.807) is 29.2 Å². The standard InChI is InChI=1S/C21H26N4O4/c1-14-9-11-25(13-15(2)28-14)21(27)24-17-6-4-5-7-19(17)29-16-8-10-23-18(12-16)20(26)22-3/h4-8,10,12,14-15H,9,11,13H2,1-3H3,(H,22,26)(H,24,27)/t14-,15+/m1/s1. The van der Waals surface area contributed by atoms with Crippen molar-refractivity contribution in [3.63, 3.8) is 0 Å². The Labute approximate surface area is 170 Å². The van der Waals surface area contributed by atoms with E-state index < -0.39 is 0 Å². The van der Waals surface area contributed by atoms with Crippen molar-refractivity contribution in [3.05, 3.63) is 48.3 Å². The number of amides is 3. The molecule has 0 bridgehead atoms. The van der Waals surface area contributed by atoms with Crippen LogP contribution in [0.2, 0.25) is 0 Å². The SMILES string of the molecule is CNC(=O)c1cc(Oc2ccccc2NC(=O)N2CC[C@@H](C)O[C@@H](C)C2)ccn1. The first-order valence-corrected chi connectivity index (χ1v) is 9.62. The molecule has 2 atom stereocenters. The Morgan fingerprint density at radius 1 is 1.21 bits per heavy atom. The number of urea groups is 1. The third kappa shape index (κ3) is 5.45. The fraction of sp³-hybridized carbons (Fsp3) is 0.381. The van der Waals surface area contributed by atoms with Crippen molar-refractivity contribution in [1.82, 2.24) is 15.2 Å². The lowest BCUT2D eigenvalue weighted by Crippen LogP contribution is -2.38. The zero-order valence-electron chi connectivity index (χ0n) is 16.8. The van der Waals surface area contributed by atoms with Crippen LogP contribution < -0.4 is 15.4 Å². The monoisotopic (exact) mass is 398 g/mol. The highest BCUT2D eigenvalue weighted by Gasteiger charge is 2.23. The minimum Gasteiger partial charge on any atom is -0.455 e. The number of nitrogens with zero attached hydrogens (tertiary/aromatic N) is 2. The summed E-state index contributed by atoms with van der Waals surface area (Å²) in [5, 5.41) is 5.45. The number of hydrogen-bond acceptors (Lipinski definition) is 5. The highest BCUT2D eigenvalue weighted by atomic mass is 16.5. The molecular formula is C21H26N4O4.